The summed E-state index contributed by atoms with van der Waals surface area (Å²) in [6, 6.07) is 5.47. The minimum absolute atomic E-state index is 0.220. The Morgan fingerprint density at radius 3 is 2.45 bits per heavy atom. The number of ether oxygens (including phenoxy) is 1. The lowest BCUT2D eigenvalue weighted by Crippen LogP contribution is -2.46. The lowest BCUT2D eigenvalue weighted by atomic mass is 9.94. The third-order valence-electron chi connectivity index (χ3n) is 3.55. The fourth-order valence-corrected chi connectivity index (χ4v) is 2.48. The van der Waals surface area contributed by atoms with Crippen molar-refractivity contribution in [3.8, 4) is 5.75 Å². The largest absolute Gasteiger partial charge is 0.573 e. The Morgan fingerprint density at radius 2 is 1.95 bits per heavy atom. The van der Waals surface area contributed by atoms with Crippen LogP contribution in [0.15, 0.2) is 24.3 Å². The first-order valence-corrected chi connectivity index (χ1v) is 6.72. The second kappa shape index (κ2) is 6.53. The molecule has 0 bridgehead atoms. The van der Waals surface area contributed by atoms with E-state index in [-0.39, 0.29) is 12.3 Å². The molecule has 1 aromatic carbocycles. The van der Waals surface area contributed by atoms with E-state index < -0.39 is 24.4 Å². The van der Waals surface area contributed by atoms with Crippen LogP contribution in [0.1, 0.15) is 12.0 Å². The van der Waals surface area contributed by atoms with Crippen LogP contribution in [0.25, 0.3) is 0 Å². The van der Waals surface area contributed by atoms with Gasteiger partial charge in [0.1, 0.15) is 5.75 Å². The molecule has 2 atom stereocenters. The lowest BCUT2D eigenvalue weighted by molar-refractivity contribution is -0.274. The molecule has 8 heteroatoms. The van der Waals surface area contributed by atoms with E-state index in [1.165, 1.54) is 24.3 Å². The van der Waals surface area contributed by atoms with Gasteiger partial charge in [-0.1, -0.05) is 12.1 Å². The van der Waals surface area contributed by atoms with E-state index in [4.69, 9.17) is 5.11 Å². The van der Waals surface area contributed by atoms with Gasteiger partial charge >= 0.3 is 12.3 Å². The molecule has 0 radical (unpaired) electrons. The van der Waals surface area contributed by atoms with E-state index in [0.717, 1.165) is 5.56 Å². The summed E-state index contributed by atoms with van der Waals surface area (Å²) in [6.07, 6.45) is -5.32. The highest BCUT2D eigenvalue weighted by Crippen LogP contribution is 2.24. The molecule has 22 heavy (non-hydrogen) atoms. The van der Waals surface area contributed by atoms with Gasteiger partial charge in [-0.2, -0.15) is 0 Å². The first-order chi connectivity index (χ1) is 10.2. The second-order valence-electron chi connectivity index (χ2n) is 5.23. The summed E-state index contributed by atoms with van der Waals surface area (Å²) in [4.78, 5) is 12.8. The number of β-amino-alcohol motifs (C(OH)–C–C–N with tert-alkyl or cyclic N) is 1. The molecular weight excluding hydrogens is 303 g/mol. The summed E-state index contributed by atoms with van der Waals surface area (Å²) >= 11 is 0. The van der Waals surface area contributed by atoms with Crippen LogP contribution >= 0.6 is 0 Å². The van der Waals surface area contributed by atoms with E-state index >= 15 is 0 Å². The summed E-state index contributed by atoms with van der Waals surface area (Å²) in [6.45, 7) is 1.16. The third-order valence-corrected chi connectivity index (χ3v) is 3.55. The topological polar surface area (TPSA) is 70.0 Å². The number of aliphatic hydroxyl groups is 1. The van der Waals surface area contributed by atoms with E-state index in [9.17, 15) is 23.1 Å². The van der Waals surface area contributed by atoms with Crippen molar-refractivity contribution < 1.29 is 32.9 Å². The summed E-state index contributed by atoms with van der Waals surface area (Å²) in [5.74, 6) is -2.07. The number of rotatable bonds is 4. The van der Waals surface area contributed by atoms with Gasteiger partial charge < -0.3 is 14.9 Å². The van der Waals surface area contributed by atoms with E-state index in [1.807, 2.05) is 4.90 Å². The smallest absolute Gasteiger partial charge is 0.481 e. The Labute approximate surface area is 124 Å². The number of carbonyl (C=O) groups is 1. The first-order valence-electron chi connectivity index (χ1n) is 6.72. The van der Waals surface area contributed by atoms with Crippen molar-refractivity contribution in [2.24, 2.45) is 5.92 Å². The Bertz CT molecular complexity index is 518. The molecule has 1 aromatic rings. The van der Waals surface area contributed by atoms with Crippen LogP contribution in [0, 0.1) is 5.92 Å². The third kappa shape index (κ3) is 4.60. The average molecular weight is 319 g/mol. The predicted molar refractivity (Wildman–Crippen MR) is 70.2 cm³/mol. The number of likely N-dealkylation sites (tertiary alicyclic amines) is 1. The maximum Gasteiger partial charge on any atom is 0.573 e. The summed E-state index contributed by atoms with van der Waals surface area (Å²) in [5.41, 5.74) is 0.760. The molecule has 1 heterocycles. The maximum absolute atomic E-state index is 12.1. The number of piperidine rings is 1. The Hall–Kier alpha value is -1.80. The zero-order valence-electron chi connectivity index (χ0n) is 11.6. The van der Waals surface area contributed by atoms with E-state index in [0.29, 0.717) is 19.5 Å². The van der Waals surface area contributed by atoms with Crippen LogP contribution in [0.4, 0.5) is 13.2 Å². The summed E-state index contributed by atoms with van der Waals surface area (Å²) in [7, 11) is 0. The molecule has 1 saturated heterocycles. The van der Waals surface area contributed by atoms with Crippen molar-refractivity contribution in [2.75, 3.05) is 13.1 Å². The van der Waals surface area contributed by atoms with Gasteiger partial charge in [-0.3, -0.25) is 9.69 Å². The number of hydrogen-bond acceptors (Lipinski definition) is 4. The number of carboxylic acids is 1. The molecule has 2 rings (SSSR count). The minimum Gasteiger partial charge on any atom is -0.481 e. The normalized spacial score (nSPS) is 23.3. The monoisotopic (exact) mass is 319 g/mol. The molecule has 1 aliphatic rings. The maximum atomic E-state index is 12.1. The van der Waals surface area contributed by atoms with E-state index in [1.54, 1.807) is 0 Å². The number of alkyl halides is 3. The van der Waals surface area contributed by atoms with Crippen LogP contribution in [0.3, 0.4) is 0 Å². The molecule has 2 N–H and O–H groups in total. The standard InChI is InChI=1S/C14H16F3NO4/c15-14(16,17)22-10-3-1-9(2-4-10)7-18-6-5-11(13(20)21)12(19)8-18/h1-4,11-12,19H,5-8H2,(H,20,21)/t11-,12+/m0/s1. The van der Waals surface area contributed by atoms with Crippen molar-refractivity contribution in [1.82, 2.24) is 4.90 Å². The van der Waals surface area contributed by atoms with Crippen LogP contribution < -0.4 is 4.74 Å². The molecule has 1 aliphatic heterocycles. The molecule has 0 aliphatic carbocycles. The SMILES string of the molecule is O=C(O)[C@H]1CCN(Cc2ccc(OC(F)(F)F)cc2)C[C@H]1O. The molecule has 122 valence electrons. The van der Waals surface area contributed by atoms with Gasteiger partial charge in [-0.15, -0.1) is 13.2 Å². The van der Waals surface area contributed by atoms with Gasteiger partial charge in [-0.05, 0) is 30.7 Å². The minimum atomic E-state index is -4.72. The van der Waals surface area contributed by atoms with Crippen LogP contribution in [-0.2, 0) is 11.3 Å². The average Bonchev–Trinajstić information content (AvgIpc) is 2.39. The van der Waals surface area contributed by atoms with Gasteiger partial charge in [0.05, 0.1) is 12.0 Å². The Kier molecular flexibility index (Phi) is 4.92. The number of hydrogen-bond donors (Lipinski definition) is 2. The quantitative estimate of drug-likeness (QED) is 0.886. The number of benzene rings is 1. The van der Waals surface area contributed by atoms with Crippen molar-refractivity contribution in [3.63, 3.8) is 0 Å². The van der Waals surface area contributed by atoms with Crippen molar-refractivity contribution in [1.29, 1.82) is 0 Å². The molecule has 0 unspecified atom stereocenters. The lowest BCUT2D eigenvalue weighted by Gasteiger charge is -2.33. The molecule has 1 fully saturated rings. The zero-order valence-corrected chi connectivity index (χ0v) is 11.6. The molecule has 0 saturated carbocycles. The summed E-state index contributed by atoms with van der Waals surface area (Å²) in [5, 5.41) is 18.7. The number of nitrogens with zero attached hydrogens (tertiary/aromatic N) is 1. The molecule has 5 nitrogen and oxygen atoms in total. The van der Waals surface area contributed by atoms with E-state index in [2.05, 4.69) is 4.74 Å². The van der Waals surface area contributed by atoms with Crippen molar-refractivity contribution >= 4 is 5.97 Å². The molecular formula is C14H16F3NO4. The Morgan fingerprint density at radius 1 is 1.32 bits per heavy atom. The number of aliphatic hydroxyl groups excluding tert-OH is 1. The highest BCUT2D eigenvalue weighted by molar-refractivity contribution is 5.70. The highest BCUT2D eigenvalue weighted by atomic mass is 19.4. The van der Waals surface area contributed by atoms with Crippen LogP contribution in [0.2, 0.25) is 0 Å². The second-order valence-corrected chi connectivity index (χ2v) is 5.23. The van der Waals surface area contributed by atoms with Gasteiger partial charge in [0.25, 0.3) is 0 Å². The van der Waals surface area contributed by atoms with Gasteiger partial charge in [-0.25, -0.2) is 0 Å². The highest BCUT2D eigenvalue weighted by Gasteiger charge is 2.33. The summed E-state index contributed by atoms with van der Waals surface area (Å²) < 4.78 is 39.9. The van der Waals surface area contributed by atoms with Gasteiger partial charge in [0, 0.05) is 13.1 Å². The number of carboxylic acid groups (broad SMARTS) is 1. The number of aliphatic carboxylic acids is 1. The van der Waals surface area contributed by atoms with Gasteiger partial charge in [0.2, 0.25) is 0 Å². The Balaban J connectivity index is 1.91. The zero-order chi connectivity index (χ0) is 16.3. The molecule has 0 spiro atoms. The van der Waals surface area contributed by atoms with Gasteiger partial charge in [0.15, 0.2) is 0 Å². The molecule has 0 amide bonds. The predicted octanol–water partition coefficient (Wildman–Crippen LogP) is 1.85. The fourth-order valence-electron chi connectivity index (χ4n) is 2.48. The molecule has 0 aromatic heterocycles. The fraction of sp³-hybridized carbons (Fsp3) is 0.500. The van der Waals surface area contributed by atoms with Crippen molar-refractivity contribution in [3.05, 3.63) is 29.8 Å². The van der Waals surface area contributed by atoms with Crippen LogP contribution in [0.5, 0.6) is 5.75 Å². The van der Waals surface area contributed by atoms with Crippen molar-refractivity contribution in [2.45, 2.75) is 25.4 Å². The first kappa shape index (κ1) is 16.6. The number of halogens is 3. The van der Waals surface area contributed by atoms with Crippen LogP contribution in [-0.4, -0.2) is 46.6 Å².